The highest BCUT2D eigenvalue weighted by atomic mass is 16.6. The minimum Gasteiger partial charge on any atom is -0.457 e. The molecule has 0 aromatic heterocycles. The molecule has 4 nitrogen and oxygen atoms in total. The predicted molar refractivity (Wildman–Crippen MR) is 200 cm³/mol. The van der Waals surface area contributed by atoms with Gasteiger partial charge in [-0.1, -0.05) is 179 Å². The highest BCUT2D eigenvalue weighted by molar-refractivity contribution is 5.69. The van der Waals surface area contributed by atoms with E-state index in [1.54, 1.807) is 0 Å². The molecule has 4 heteroatoms. The van der Waals surface area contributed by atoms with Crippen molar-refractivity contribution >= 4 is 5.97 Å². The summed E-state index contributed by atoms with van der Waals surface area (Å²) >= 11 is 0. The second-order valence-electron chi connectivity index (χ2n) is 13.4. The molecule has 1 atom stereocenters. The molecule has 270 valence electrons. The van der Waals surface area contributed by atoms with Gasteiger partial charge < -0.3 is 14.6 Å². The maximum Gasteiger partial charge on any atom is 0.306 e. The molecule has 0 saturated heterocycles. The monoisotopic (exact) mass is 647 g/mol. The number of carbonyl (C=O) groups excluding carboxylic acids is 1. The van der Waals surface area contributed by atoms with Crippen LogP contribution in [0.25, 0.3) is 0 Å². The van der Waals surface area contributed by atoms with Crippen molar-refractivity contribution in [2.24, 2.45) is 0 Å². The molecule has 0 saturated carbocycles. The lowest BCUT2D eigenvalue weighted by atomic mass is 10.1. The van der Waals surface area contributed by atoms with Crippen molar-refractivity contribution in [1.82, 2.24) is 0 Å². The topological polar surface area (TPSA) is 55.8 Å². The summed E-state index contributed by atoms with van der Waals surface area (Å²) in [5.74, 6) is -0.206. The molecule has 46 heavy (non-hydrogen) atoms. The fourth-order valence-electron chi connectivity index (χ4n) is 5.69. The number of carbonyl (C=O) groups is 1. The fourth-order valence-corrected chi connectivity index (χ4v) is 5.69. The van der Waals surface area contributed by atoms with Crippen molar-refractivity contribution in [3.63, 3.8) is 0 Å². The Morgan fingerprint density at radius 2 is 0.913 bits per heavy atom. The average molecular weight is 647 g/mol. The van der Waals surface area contributed by atoms with Crippen molar-refractivity contribution in [2.75, 3.05) is 19.8 Å². The first-order valence-electron chi connectivity index (χ1n) is 20.1. The number of hydrogen-bond donors (Lipinski definition) is 1. The number of esters is 1. The summed E-state index contributed by atoms with van der Waals surface area (Å²) in [6.07, 6.45) is 49.2. The lowest BCUT2D eigenvalue weighted by Gasteiger charge is -2.16. The van der Waals surface area contributed by atoms with Crippen LogP contribution in [0.4, 0.5) is 0 Å². The van der Waals surface area contributed by atoms with E-state index < -0.39 is 6.10 Å². The molecule has 0 bridgehead atoms. The molecule has 0 aromatic rings. The fraction of sp³-hybridized carbons (Fsp3) is 0.833. The highest BCUT2D eigenvalue weighted by Crippen LogP contribution is 2.13. The molecule has 0 aliphatic heterocycles. The number of unbranched alkanes of at least 4 members (excludes halogenated alkanes) is 23. The van der Waals surface area contributed by atoms with Crippen LogP contribution in [0.2, 0.25) is 0 Å². The van der Waals surface area contributed by atoms with Crippen LogP contribution < -0.4 is 0 Å². The molecular formula is C42H78O4. The van der Waals surface area contributed by atoms with Gasteiger partial charge in [0, 0.05) is 13.0 Å². The van der Waals surface area contributed by atoms with Gasteiger partial charge >= 0.3 is 5.97 Å². The average Bonchev–Trinajstić information content (AvgIpc) is 3.06. The molecule has 0 rings (SSSR count). The highest BCUT2D eigenvalue weighted by Gasteiger charge is 2.13. The molecule has 0 aliphatic rings. The number of ether oxygens (including phenoxy) is 2. The first-order chi connectivity index (χ1) is 22.7. The van der Waals surface area contributed by atoms with Gasteiger partial charge in [-0.05, 0) is 51.4 Å². The first-order valence-corrected chi connectivity index (χ1v) is 20.1. The number of aliphatic hydroxyl groups excluding tert-OH is 1. The molecule has 0 radical (unpaired) electrons. The number of rotatable bonds is 37. The quantitative estimate of drug-likeness (QED) is 0.0414. The zero-order valence-corrected chi connectivity index (χ0v) is 30.8. The second-order valence-corrected chi connectivity index (χ2v) is 13.4. The van der Waals surface area contributed by atoms with Crippen LogP contribution in [0.1, 0.15) is 200 Å². The standard InChI is InChI=1S/C42H78O4/c1-3-5-7-9-11-13-14-15-16-17-18-19-20-21-22-23-24-25-26-27-28-29-30-32-34-36-38-45-40-41(39-43)46-42(44)37-35-33-31-12-10-8-6-4-2/h14-15,17-18,20-21,41,43H,3-13,16,19,22-40H2,1-2H3/b15-14-,18-17-,21-20-. The Labute approximate surface area is 287 Å². The van der Waals surface area contributed by atoms with Crippen LogP contribution in [0.5, 0.6) is 0 Å². The Bertz CT molecular complexity index is 683. The number of aliphatic hydroxyl groups is 1. The van der Waals surface area contributed by atoms with Crippen molar-refractivity contribution in [3.05, 3.63) is 36.5 Å². The Kier molecular flexibility index (Phi) is 38.6. The molecule has 1 unspecified atom stereocenters. The van der Waals surface area contributed by atoms with Gasteiger partial charge in [0.2, 0.25) is 0 Å². The summed E-state index contributed by atoms with van der Waals surface area (Å²) in [6.45, 7) is 5.31. The zero-order valence-electron chi connectivity index (χ0n) is 30.8. The van der Waals surface area contributed by atoms with E-state index in [2.05, 4.69) is 50.3 Å². The molecule has 0 spiro atoms. The lowest BCUT2D eigenvalue weighted by molar-refractivity contribution is -0.154. The summed E-state index contributed by atoms with van der Waals surface area (Å²) < 4.78 is 11.1. The van der Waals surface area contributed by atoms with E-state index in [0.29, 0.717) is 19.6 Å². The Balaban J connectivity index is 3.39. The van der Waals surface area contributed by atoms with E-state index in [0.717, 1.165) is 32.1 Å². The summed E-state index contributed by atoms with van der Waals surface area (Å²) in [5.41, 5.74) is 0. The SMILES string of the molecule is CCCCCCC/C=C\C/C=C\C/C=C\CCCCCCCCCCCCCOCC(CO)OC(=O)CCCCCCCCCC. The summed E-state index contributed by atoms with van der Waals surface area (Å²) in [4.78, 5) is 12.0. The Morgan fingerprint density at radius 3 is 1.37 bits per heavy atom. The molecular weight excluding hydrogens is 568 g/mol. The summed E-state index contributed by atoms with van der Waals surface area (Å²) in [6, 6.07) is 0. The van der Waals surface area contributed by atoms with Crippen LogP contribution in [0.15, 0.2) is 36.5 Å². The largest absolute Gasteiger partial charge is 0.457 e. The van der Waals surface area contributed by atoms with Crippen molar-refractivity contribution < 1.29 is 19.4 Å². The Morgan fingerprint density at radius 1 is 0.522 bits per heavy atom. The van der Waals surface area contributed by atoms with Crippen LogP contribution in [0.3, 0.4) is 0 Å². The van der Waals surface area contributed by atoms with Gasteiger partial charge in [0.25, 0.3) is 0 Å². The van der Waals surface area contributed by atoms with E-state index in [4.69, 9.17) is 9.47 Å². The molecule has 0 aliphatic carbocycles. The number of hydrogen-bond acceptors (Lipinski definition) is 4. The van der Waals surface area contributed by atoms with E-state index in [1.807, 2.05) is 0 Å². The molecule has 0 aromatic carbocycles. The van der Waals surface area contributed by atoms with Gasteiger partial charge in [0.1, 0.15) is 6.10 Å². The minimum atomic E-state index is -0.530. The Hall–Kier alpha value is -1.39. The maximum absolute atomic E-state index is 12.0. The van der Waals surface area contributed by atoms with Gasteiger partial charge in [0.15, 0.2) is 0 Å². The second kappa shape index (κ2) is 39.8. The molecule has 0 heterocycles. The lowest BCUT2D eigenvalue weighted by Crippen LogP contribution is -2.27. The minimum absolute atomic E-state index is 0.171. The zero-order chi connectivity index (χ0) is 33.4. The van der Waals surface area contributed by atoms with Gasteiger partial charge in [-0.2, -0.15) is 0 Å². The van der Waals surface area contributed by atoms with E-state index in [1.165, 1.54) is 148 Å². The smallest absolute Gasteiger partial charge is 0.306 e. The van der Waals surface area contributed by atoms with E-state index in [-0.39, 0.29) is 12.6 Å². The van der Waals surface area contributed by atoms with Crippen molar-refractivity contribution in [1.29, 1.82) is 0 Å². The van der Waals surface area contributed by atoms with Crippen LogP contribution in [-0.2, 0) is 14.3 Å². The summed E-state index contributed by atoms with van der Waals surface area (Å²) in [7, 11) is 0. The predicted octanol–water partition coefficient (Wildman–Crippen LogP) is 12.9. The van der Waals surface area contributed by atoms with Crippen LogP contribution >= 0.6 is 0 Å². The van der Waals surface area contributed by atoms with Gasteiger partial charge in [-0.3, -0.25) is 4.79 Å². The van der Waals surface area contributed by atoms with Crippen molar-refractivity contribution in [2.45, 2.75) is 206 Å². The molecule has 0 fully saturated rings. The first kappa shape index (κ1) is 44.6. The normalized spacial score (nSPS) is 12.7. The third kappa shape index (κ3) is 37.1. The third-order valence-corrected chi connectivity index (χ3v) is 8.72. The van der Waals surface area contributed by atoms with Crippen LogP contribution in [0, 0.1) is 0 Å². The molecule has 0 amide bonds. The third-order valence-electron chi connectivity index (χ3n) is 8.72. The van der Waals surface area contributed by atoms with Gasteiger partial charge in [-0.25, -0.2) is 0 Å². The van der Waals surface area contributed by atoms with E-state index in [9.17, 15) is 9.90 Å². The van der Waals surface area contributed by atoms with Gasteiger partial charge in [-0.15, -0.1) is 0 Å². The van der Waals surface area contributed by atoms with E-state index >= 15 is 0 Å². The number of allylic oxidation sites excluding steroid dienone is 6. The van der Waals surface area contributed by atoms with Gasteiger partial charge in [0.05, 0.1) is 13.2 Å². The maximum atomic E-state index is 12.0. The van der Waals surface area contributed by atoms with Crippen molar-refractivity contribution in [3.8, 4) is 0 Å². The van der Waals surface area contributed by atoms with Crippen LogP contribution in [-0.4, -0.2) is 37.0 Å². The summed E-state index contributed by atoms with van der Waals surface area (Å²) in [5, 5.41) is 9.53. The molecule has 1 N–H and O–H groups in total.